The predicted molar refractivity (Wildman–Crippen MR) is 72.7 cm³/mol. The van der Waals surface area contributed by atoms with E-state index in [1.165, 1.54) is 12.3 Å². The van der Waals surface area contributed by atoms with Gasteiger partial charge >= 0.3 is 12.3 Å². The zero-order valence-corrected chi connectivity index (χ0v) is 12.3. The van der Waals surface area contributed by atoms with Crippen molar-refractivity contribution in [3.63, 3.8) is 0 Å². The highest BCUT2D eigenvalue weighted by atomic mass is 79.9. The van der Waals surface area contributed by atoms with Gasteiger partial charge in [0.2, 0.25) is 0 Å². The van der Waals surface area contributed by atoms with Gasteiger partial charge < -0.3 is 5.11 Å². The van der Waals surface area contributed by atoms with Crippen molar-refractivity contribution >= 4 is 39.2 Å². The normalized spacial score (nSPS) is 11.5. The molecule has 0 fully saturated rings. The van der Waals surface area contributed by atoms with Crippen molar-refractivity contribution < 1.29 is 23.1 Å². The lowest BCUT2D eigenvalue weighted by Gasteiger charge is -2.12. The first kappa shape index (κ1) is 15.7. The second-order valence-corrected chi connectivity index (χ2v) is 5.42. The molecule has 0 bridgehead atoms. The number of carboxylic acid groups (broad SMARTS) is 1. The number of amides is 1. The standard InChI is InChI=1S/C10H6BrF3N4O2S/c11-5-2-16-7(18(15)9(19)20)1-4(5)8-17-6(3-21-8)10(12,13)14/h1-3H,15H2,(H,19,20). The molecule has 0 aliphatic carbocycles. The minimum Gasteiger partial charge on any atom is -0.464 e. The van der Waals surface area contributed by atoms with Crippen molar-refractivity contribution in [1.29, 1.82) is 0 Å². The number of hydrogen-bond acceptors (Lipinski definition) is 5. The molecule has 6 nitrogen and oxygen atoms in total. The van der Waals surface area contributed by atoms with E-state index in [-0.39, 0.29) is 16.4 Å². The summed E-state index contributed by atoms with van der Waals surface area (Å²) >= 11 is 3.91. The lowest BCUT2D eigenvalue weighted by Crippen LogP contribution is -2.36. The molecular formula is C10H6BrF3N4O2S. The zero-order chi connectivity index (χ0) is 15.8. The summed E-state index contributed by atoms with van der Waals surface area (Å²) in [6.07, 6.45) is -4.76. The van der Waals surface area contributed by atoms with E-state index in [1.54, 1.807) is 0 Å². The van der Waals surface area contributed by atoms with Gasteiger partial charge in [0.05, 0.1) is 0 Å². The van der Waals surface area contributed by atoms with Crippen LogP contribution in [0.5, 0.6) is 0 Å². The van der Waals surface area contributed by atoms with Gasteiger partial charge in [-0.15, -0.1) is 11.3 Å². The Morgan fingerprint density at radius 2 is 2.14 bits per heavy atom. The Labute approximate surface area is 128 Å². The molecule has 0 spiro atoms. The molecule has 0 radical (unpaired) electrons. The monoisotopic (exact) mass is 382 g/mol. The minimum atomic E-state index is -4.54. The molecule has 1 amide bonds. The van der Waals surface area contributed by atoms with Crippen molar-refractivity contribution in [2.75, 3.05) is 5.01 Å². The number of carbonyl (C=O) groups is 1. The lowest BCUT2D eigenvalue weighted by molar-refractivity contribution is -0.140. The van der Waals surface area contributed by atoms with Crippen molar-refractivity contribution in [2.24, 2.45) is 5.84 Å². The molecule has 0 saturated carbocycles. The van der Waals surface area contributed by atoms with E-state index in [0.29, 0.717) is 9.48 Å². The van der Waals surface area contributed by atoms with E-state index in [0.717, 1.165) is 16.7 Å². The smallest absolute Gasteiger partial charge is 0.434 e. The number of nitrogens with two attached hydrogens (primary N) is 1. The van der Waals surface area contributed by atoms with E-state index >= 15 is 0 Å². The first-order chi connectivity index (χ1) is 9.70. The molecule has 3 N–H and O–H groups in total. The Morgan fingerprint density at radius 3 is 2.67 bits per heavy atom. The highest BCUT2D eigenvalue weighted by Gasteiger charge is 2.34. The number of hydrazine groups is 1. The maximum Gasteiger partial charge on any atom is 0.434 e. The molecule has 0 unspecified atom stereocenters. The van der Waals surface area contributed by atoms with Crippen LogP contribution < -0.4 is 10.9 Å². The van der Waals surface area contributed by atoms with Crippen LogP contribution in [-0.4, -0.2) is 21.2 Å². The number of alkyl halides is 3. The zero-order valence-electron chi connectivity index (χ0n) is 9.93. The number of thiazole rings is 1. The Balaban J connectivity index is 2.46. The van der Waals surface area contributed by atoms with Gasteiger partial charge in [-0.05, 0) is 22.0 Å². The number of rotatable bonds is 2. The minimum absolute atomic E-state index is 0.0663. The second kappa shape index (κ2) is 5.58. The van der Waals surface area contributed by atoms with E-state index in [4.69, 9.17) is 10.9 Å². The number of aromatic nitrogens is 2. The summed E-state index contributed by atoms with van der Waals surface area (Å²) in [5.74, 6) is 5.13. The van der Waals surface area contributed by atoms with Crippen molar-refractivity contribution in [3.8, 4) is 10.6 Å². The first-order valence-corrected chi connectivity index (χ1v) is 6.84. The van der Waals surface area contributed by atoms with Gasteiger partial charge in [-0.3, -0.25) is 0 Å². The third-order valence-corrected chi connectivity index (χ3v) is 3.83. The van der Waals surface area contributed by atoms with Crippen molar-refractivity contribution in [2.45, 2.75) is 6.18 Å². The van der Waals surface area contributed by atoms with Crippen LogP contribution in [0.3, 0.4) is 0 Å². The van der Waals surface area contributed by atoms with Gasteiger partial charge in [0.15, 0.2) is 11.5 Å². The molecule has 0 aliphatic heterocycles. The number of pyridine rings is 1. The fourth-order valence-corrected chi connectivity index (χ4v) is 2.74. The van der Waals surface area contributed by atoms with Gasteiger partial charge in [-0.1, -0.05) is 0 Å². The van der Waals surface area contributed by atoms with Crippen LogP contribution in [0.1, 0.15) is 5.69 Å². The number of anilines is 1. The third kappa shape index (κ3) is 3.31. The fraction of sp³-hybridized carbons (Fsp3) is 0.100. The molecule has 2 aromatic rings. The van der Waals surface area contributed by atoms with Gasteiger partial charge in [0.1, 0.15) is 5.01 Å². The quantitative estimate of drug-likeness (QED) is 0.472. The van der Waals surface area contributed by atoms with Crippen LogP contribution in [0, 0.1) is 0 Å². The molecule has 0 aliphatic rings. The highest BCUT2D eigenvalue weighted by Crippen LogP contribution is 2.36. The van der Waals surface area contributed by atoms with E-state index in [9.17, 15) is 18.0 Å². The Hall–Kier alpha value is -1.72. The summed E-state index contributed by atoms with van der Waals surface area (Å²) in [5.41, 5.74) is -0.757. The van der Waals surface area contributed by atoms with E-state index in [2.05, 4.69) is 25.9 Å². The number of nitrogens with zero attached hydrogens (tertiary/aromatic N) is 3. The van der Waals surface area contributed by atoms with Crippen molar-refractivity contribution in [1.82, 2.24) is 9.97 Å². The molecule has 11 heteroatoms. The molecule has 2 rings (SSSR count). The number of hydrogen-bond donors (Lipinski definition) is 2. The predicted octanol–water partition coefficient (Wildman–Crippen LogP) is 3.34. The van der Waals surface area contributed by atoms with Crippen LogP contribution in [0.4, 0.5) is 23.8 Å². The summed E-state index contributed by atoms with van der Waals surface area (Å²) in [4.78, 5) is 18.0. The molecule has 0 aromatic carbocycles. The van der Waals surface area contributed by atoms with Crippen LogP contribution in [0.15, 0.2) is 22.1 Å². The highest BCUT2D eigenvalue weighted by molar-refractivity contribution is 9.10. The fourth-order valence-electron chi connectivity index (χ4n) is 1.35. The average molecular weight is 383 g/mol. The maximum atomic E-state index is 12.5. The Kier molecular flexibility index (Phi) is 4.16. The van der Waals surface area contributed by atoms with Gasteiger partial charge in [0.25, 0.3) is 0 Å². The molecule has 21 heavy (non-hydrogen) atoms. The van der Waals surface area contributed by atoms with E-state index in [1.807, 2.05) is 0 Å². The van der Waals surface area contributed by atoms with Crippen LogP contribution >= 0.6 is 27.3 Å². The summed E-state index contributed by atoms with van der Waals surface area (Å²) in [7, 11) is 0. The summed E-state index contributed by atoms with van der Waals surface area (Å²) in [5, 5.41) is 10.1. The molecule has 2 heterocycles. The van der Waals surface area contributed by atoms with Crippen LogP contribution in [-0.2, 0) is 6.18 Å². The van der Waals surface area contributed by atoms with Crippen LogP contribution in [0.2, 0.25) is 0 Å². The molecule has 2 aromatic heterocycles. The molecule has 0 saturated heterocycles. The first-order valence-electron chi connectivity index (χ1n) is 5.16. The third-order valence-electron chi connectivity index (χ3n) is 2.32. The van der Waals surface area contributed by atoms with Gasteiger partial charge in [-0.2, -0.15) is 18.2 Å². The summed E-state index contributed by atoms with van der Waals surface area (Å²) < 4.78 is 38.0. The molecule has 0 atom stereocenters. The topological polar surface area (TPSA) is 92.3 Å². The Bertz CT molecular complexity index is 691. The molecule has 112 valence electrons. The van der Waals surface area contributed by atoms with Crippen molar-refractivity contribution in [3.05, 3.63) is 27.8 Å². The lowest BCUT2D eigenvalue weighted by atomic mass is 10.2. The van der Waals surface area contributed by atoms with E-state index < -0.39 is 18.0 Å². The summed E-state index contributed by atoms with van der Waals surface area (Å²) in [6, 6.07) is 1.23. The van der Waals surface area contributed by atoms with Gasteiger partial charge in [-0.25, -0.2) is 20.6 Å². The summed E-state index contributed by atoms with van der Waals surface area (Å²) in [6.45, 7) is 0. The second-order valence-electron chi connectivity index (χ2n) is 3.71. The van der Waals surface area contributed by atoms with Crippen LogP contribution in [0.25, 0.3) is 10.6 Å². The maximum absolute atomic E-state index is 12.5. The number of halogens is 4. The average Bonchev–Trinajstić information content (AvgIpc) is 2.87. The SMILES string of the molecule is NN(C(=O)O)c1cc(-c2nc(C(F)(F)F)cs2)c(Br)cn1. The molecular weight excluding hydrogens is 377 g/mol. The largest absolute Gasteiger partial charge is 0.464 e. The Morgan fingerprint density at radius 1 is 1.48 bits per heavy atom. The van der Waals surface area contributed by atoms with Gasteiger partial charge in [0, 0.05) is 21.6 Å².